The third-order valence-electron chi connectivity index (χ3n) is 5.67. The van der Waals surface area contributed by atoms with Gasteiger partial charge in [0.05, 0.1) is 6.04 Å². The molecule has 1 amide bonds. The molecule has 2 aromatic rings. The van der Waals surface area contributed by atoms with Crippen molar-refractivity contribution >= 4 is 22.4 Å². The van der Waals surface area contributed by atoms with Crippen LogP contribution in [0.5, 0.6) is 0 Å². The number of benzene rings is 2. The van der Waals surface area contributed by atoms with Gasteiger partial charge in [0.25, 0.3) is 16.1 Å². The van der Waals surface area contributed by atoms with E-state index in [-0.39, 0.29) is 19.0 Å². The van der Waals surface area contributed by atoms with Crippen LogP contribution in [-0.2, 0) is 28.1 Å². The Hall–Kier alpha value is -2.59. The van der Waals surface area contributed by atoms with E-state index < -0.39 is 16.3 Å². The number of rotatable bonds is 6. The van der Waals surface area contributed by atoms with Gasteiger partial charge in [0.1, 0.15) is 6.29 Å². The van der Waals surface area contributed by atoms with E-state index in [1.54, 1.807) is 24.3 Å². The largest absolute Gasteiger partial charge is 0.336 e. The summed E-state index contributed by atoms with van der Waals surface area (Å²) in [6.07, 6.45) is 0.596. The van der Waals surface area contributed by atoms with Crippen molar-refractivity contribution in [2.24, 2.45) is 0 Å². The van der Waals surface area contributed by atoms with Gasteiger partial charge in [-0.15, -0.1) is 0 Å². The van der Waals surface area contributed by atoms with Crippen LogP contribution in [0.1, 0.15) is 21.5 Å². The highest BCUT2D eigenvalue weighted by molar-refractivity contribution is 7.87. The number of hydrogen-bond donors (Lipinski definition) is 1. The van der Waals surface area contributed by atoms with Gasteiger partial charge in [-0.3, -0.25) is 9.69 Å². The van der Waals surface area contributed by atoms with E-state index in [0.29, 0.717) is 24.9 Å². The van der Waals surface area contributed by atoms with Crippen LogP contribution < -0.4 is 4.72 Å². The van der Waals surface area contributed by atoms with Gasteiger partial charge in [-0.1, -0.05) is 42.5 Å². The quantitative estimate of drug-likeness (QED) is 0.671. The zero-order valence-electron chi connectivity index (χ0n) is 17.2. The van der Waals surface area contributed by atoms with Gasteiger partial charge in [-0.2, -0.15) is 17.4 Å². The van der Waals surface area contributed by atoms with Crippen molar-refractivity contribution in [1.29, 1.82) is 0 Å². The minimum atomic E-state index is -3.65. The Labute approximate surface area is 182 Å². The zero-order valence-corrected chi connectivity index (χ0v) is 18.0. The Morgan fingerprint density at radius 3 is 2.19 bits per heavy atom. The van der Waals surface area contributed by atoms with E-state index in [4.69, 9.17) is 0 Å². The molecule has 9 heteroatoms. The normalized spacial score (nSPS) is 21.8. The van der Waals surface area contributed by atoms with Crippen molar-refractivity contribution in [3.63, 3.8) is 0 Å². The summed E-state index contributed by atoms with van der Waals surface area (Å²) in [4.78, 5) is 27.9. The molecular formula is C22H26N4O4S. The highest BCUT2D eigenvalue weighted by atomic mass is 32.2. The number of carbonyl (C=O) groups is 2. The first-order valence-electron chi connectivity index (χ1n) is 10.3. The van der Waals surface area contributed by atoms with Crippen LogP contribution in [0.2, 0.25) is 0 Å². The monoisotopic (exact) mass is 442 g/mol. The summed E-state index contributed by atoms with van der Waals surface area (Å²) < 4.78 is 27.6. The Morgan fingerprint density at radius 2 is 1.58 bits per heavy atom. The zero-order chi connectivity index (χ0) is 21.8. The number of nitrogens with one attached hydrogen (secondary N) is 1. The van der Waals surface area contributed by atoms with Crippen LogP contribution in [-0.4, -0.2) is 73.5 Å². The summed E-state index contributed by atoms with van der Waals surface area (Å²) in [5.41, 5.74) is 2.63. The Bertz CT molecular complexity index is 1020. The summed E-state index contributed by atoms with van der Waals surface area (Å²) >= 11 is 0. The predicted molar refractivity (Wildman–Crippen MR) is 116 cm³/mol. The lowest BCUT2D eigenvalue weighted by Crippen LogP contribution is -2.48. The molecule has 0 aromatic heterocycles. The summed E-state index contributed by atoms with van der Waals surface area (Å²) in [7, 11) is -3.65. The van der Waals surface area contributed by atoms with Gasteiger partial charge in [0, 0.05) is 51.4 Å². The first-order chi connectivity index (χ1) is 14.9. The van der Waals surface area contributed by atoms with E-state index >= 15 is 0 Å². The SMILES string of the molecule is O=CC1CN(Cc2ccc(C(=O)N3CCN(Cc4ccccc4)CC3)cc2)S(=O)(=O)N1. The first kappa shape index (κ1) is 21.6. The molecule has 4 rings (SSSR count). The standard InChI is InChI=1S/C22H26N4O4S/c27-17-21-16-26(31(29,30)23-21)15-19-6-8-20(9-7-19)22(28)25-12-10-24(11-13-25)14-18-4-2-1-3-5-18/h1-9,17,21,23H,10-16H2. The molecule has 1 N–H and O–H groups in total. The number of piperazine rings is 1. The minimum Gasteiger partial charge on any atom is -0.336 e. The molecule has 164 valence electrons. The molecule has 2 fully saturated rings. The second kappa shape index (κ2) is 9.27. The van der Waals surface area contributed by atoms with Crippen molar-refractivity contribution in [3.8, 4) is 0 Å². The van der Waals surface area contributed by atoms with Gasteiger partial charge in [0.2, 0.25) is 0 Å². The molecule has 2 saturated heterocycles. The first-order valence-corrected chi connectivity index (χ1v) is 11.8. The maximum absolute atomic E-state index is 12.9. The molecular weight excluding hydrogens is 416 g/mol. The molecule has 1 atom stereocenters. The fourth-order valence-electron chi connectivity index (χ4n) is 3.93. The molecule has 0 radical (unpaired) electrons. The molecule has 2 heterocycles. The highest BCUT2D eigenvalue weighted by Crippen LogP contribution is 2.17. The molecule has 1 unspecified atom stereocenters. The Balaban J connectivity index is 1.31. The Kier molecular flexibility index (Phi) is 6.47. The van der Waals surface area contributed by atoms with Crippen LogP contribution in [0.15, 0.2) is 54.6 Å². The van der Waals surface area contributed by atoms with Gasteiger partial charge < -0.3 is 9.69 Å². The van der Waals surface area contributed by atoms with Crippen molar-refractivity contribution in [3.05, 3.63) is 71.3 Å². The lowest BCUT2D eigenvalue weighted by molar-refractivity contribution is -0.109. The topological polar surface area (TPSA) is 90.0 Å². The van der Waals surface area contributed by atoms with Crippen molar-refractivity contribution < 1.29 is 18.0 Å². The van der Waals surface area contributed by atoms with E-state index in [2.05, 4.69) is 21.8 Å². The van der Waals surface area contributed by atoms with Gasteiger partial charge >= 0.3 is 0 Å². The van der Waals surface area contributed by atoms with E-state index in [9.17, 15) is 18.0 Å². The third kappa shape index (κ3) is 5.19. The van der Waals surface area contributed by atoms with Gasteiger partial charge in [0.15, 0.2) is 0 Å². The molecule has 2 aromatic carbocycles. The third-order valence-corrected chi connectivity index (χ3v) is 7.23. The van der Waals surface area contributed by atoms with E-state index in [1.807, 2.05) is 23.1 Å². The number of carbonyl (C=O) groups excluding carboxylic acids is 2. The molecule has 31 heavy (non-hydrogen) atoms. The van der Waals surface area contributed by atoms with E-state index in [0.717, 1.165) is 25.2 Å². The second-order valence-electron chi connectivity index (χ2n) is 7.91. The average Bonchev–Trinajstić information content (AvgIpc) is 3.08. The van der Waals surface area contributed by atoms with Crippen LogP contribution in [0.3, 0.4) is 0 Å². The van der Waals surface area contributed by atoms with Crippen LogP contribution >= 0.6 is 0 Å². The fourth-order valence-corrected chi connectivity index (χ4v) is 5.27. The maximum Gasteiger partial charge on any atom is 0.280 e. The second-order valence-corrected chi connectivity index (χ2v) is 9.61. The average molecular weight is 443 g/mol. The summed E-state index contributed by atoms with van der Waals surface area (Å²) in [5, 5.41) is 0. The lowest BCUT2D eigenvalue weighted by Gasteiger charge is -2.34. The van der Waals surface area contributed by atoms with E-state index in [1.165, 1.54) is 9.87 Å². The Morgan fingerprint density at radius 1 is 0.935 bits per heavy atom. The molecule has 8 nitrogen and oxygen atoms in total. The molecule has 0 spiro atoms. The molecule has 2 aliphatic rings. The molecule has 0 saturated carbocycles. The summed E-state index contributed by atoms with van der Waals surface area (Å²) in [5.74, 6) is -0.0117. The van der Waals surface area contributed by atoms with Crippen molar-refractivity contribution in [2.75, 3.05) is 32.7 Å². The van der Waals surface area contributed by atoms with Crippen LogP contribution in [0.4, 0.5) is 0 Å². The van der Waals surface area contributed by atoms with Crippen LogP contribution in [0, 0.1) is 0 Å². The number of aldehydes is 1. The van der Waals surface area contributed by atoms with Gasteiger partial charge in [-0.05, 0) is 23.3 Å². The minimum absolute atomic E-state index is 0.0117. The van der Waals surface area contributed by atoms with Crippen LogP contribution in [0.25, 0.3) is 0 Å². The smallest absolute Gasteiger partial charge is 0.280 e. The summed E-state index contributed by atoms with van der Waals surface area (Å²) in [6.45, 7) is 4.17. The molecule has 0 aliphatic carbocycles. The maximum atomic E-state index is 12.9. The van der Waals surface area contributed by atoms with Crippen molar-refractivity contribution in [2.45, 2.75) is 19.1 Å². The summed E-state index contributed by atoms with van der Waals surface area (Å²) in [6, 6.07) is 16.6. The van der Waals surface area contributed by atoms with Crippen molar-refractivity contribution in [1.82, 2.24) is 18.8 Å². The number of hydrogen-bond acceptors (Lipinski definition) is 5. The van der Waals surface area contributed by atoms with Gasteiger partial charge in [-0.25, -0.2) is 0 Å². The highest BCUT2D eigenvalue weighted by Gasteiger charge is 2.35. The number of nitrogens with zero attached hydrogens (tertiary/aromatic N) is 3. The molecule has 0 bridgehead atoms. The number of amides is 1. The fraction of sp³-hybridized carbons (Fsp3) is 0.364. The molecule has 2 aliphatic heterocycles. The predicted octanol–water partition coefficient (Wildman–Crippen LogP) is 0.862. The lowest BCUT2D eigenvalue weighted by atomic mass is 10.1.